The molecule has 2 aromatic rings. The SMILES string of the molecule is COC1(C)C=CC(CCCOc2c(C)cc(-c3nnn(C)n3)cc2C)(OC)O1.O=C([O-])[O-].[Na+].[Na+]. The van der Waals surface area contributed by atoms with Gasteiger partial charge in [-0.3, -0.25) is 0 Å². The Morgan fingerprint density at radius 1 is 1.12 bits per heavy atom. The summed E-state index contributed by atoms with van der Waals surface area (Å²) in [5.74, 6) is -0.0501. The fourth-order valence-corrected chi connectivity index (χ4v) is 3.34. The number of carbonyl (C=O) groups excluding carboxylic acids is 1. The molecule has 0 saturated heterocycles. The zero-order valence-corrected chi connectivity index (χ0v) is 25.1. The molecule has 2 heterocycles. The Bertz CT molecular complexity index is 945. The van der Waals surface area contributed by atoms with E-state index in [-0.39, 0.29) is 59.1 Å². The molecule has 1 aliphatic rings. The molecule has 11 nitrogen and oxygen atoms in total. The van der Waals surface area contributed by atoms with Gasteiger partial charge in [0.15, 0.2) is 11.6 Å². The number of methoxy groups -OCH3 is 2. The Kier molecular flexibility index (Phi) is 14.1. The van der Waals surface area contributed by atoms with Crippen molar-refractivity contribution in [3.8, 4) is 17.1 Å². The minimum Gasteiger partial charge on any atom is -0.652 e. The number of ether oxygens (including phenoxy) is 4. The van der Waals surface area contributed by atoms with Gasteiger partial charge in [0.25, 0.3) is 0 Å². The number of tetrazole rings is 1. The van der Waals surface area contributed by atoms with Crippen molar-refractivity contribution < 1.29 is 93.1 Å². The molecule has 0 spiro atoms. The zero-order valence-electron chi connectivity index (χ0n) is 21.1. The summed E-state index contributed by atoms with van der Waals surface area (Å²) >= 11 is 0. The average Bonchev–Trinajstić information content (AvgIpc) is 3.31. The van der Waals surface area contributed by atoms with Gasteiger partial charge in [0, 0.05) is 26.2 Å². The molecule has 0 bridgehead atoms. The van der Waals surface area contributed by atoms with Crippen LogP contribution in [0.4, 0.5) is 4.79 Å². The van der Waals surface area contributed by atoms with Gasteiger partial charge in [0.05, 0.1) is 13.7 Å². The fraction of sp³-hybridized carbons (Fsp3) is 0.524. The van der Waals surface area contributed by atoms with E-state index in [9.17, 15) is 0 Å². The largest absolute Gasteiger partial charge is 1.00 e. The summed E-state index contributed by atoms with van der Waals surface area (Å²) < 4.78 is 23.0. The van der Waals surface area contributed by atoms with Crippen LogP contribution in [0, 0.1) is 13.8 Å². The smallest absolute Gasteiger partial charge is 0.652 e. The molecule has 0 amide bonds. The van der Waals surface area contributed by atoms with Crippen LogP contribution in [-0.2, 0) is 21.3 Å². The summed E-state index contributed by atoms with van der Waals surface area (Å²) in [5.41, 5.74) is 3.00. The van der Waals surface area contributed by atoms with Gasteiger partial charge in [0.2, 0.25) is 5.82 Å². The molecule has 13 heteroatoms. The van der Waals surface area contributed by atoms with E-state index in [0.717, 1.165) is 28.9 Å². The van der Waals surface area contributed by atoms with Crippen molar-refractivity contribution in [2.24, 2.45) is 7.05 Å². The van der Waals surface area contributed by atoms with Crippen molar-refractivity contribution in [1.29, 1.82) is 0 Å². The van der Waals surface area contributed by atoms with Gasteiger partial charge in [-0.25, -0.2) is 0 Å². The van der Waals surface area contributed by atoms with E-state index in [4.69, 9.17) is 34.0 Å². The third kappa shape index (κ3) is 9.21. The van der Waals surface area contributed by atoms with Crippen LogP contribution in [0.25, 0.3) is 11.4 Å². The van der Waals surface area contributed by atoms with Crippen LogP contribution in [0.15, 0.2) is 24.3 Å². The van der Waals surface area contributed by atoms with E-state index < -0.39 is 17.7 Å². The number of carbonyl (C=O) groups is 1. The number of hydrogen-bond donors (Lipinski definition) is 0. The molecule has 1 aromatic heterocycles. The number of nitrogens with zero attached hydrogens (tertiary/aromatic N) is 4. The van der Waals surface area contributed by atoms with E-state index in [1.807, 2.05) is 45.1 Å². The molecule has 0 N–H and O–H groups in total. The van der Waals surface area contributed by atoms with E-state index in [1.54, 1.807) is 21.3 Å². The predicted molar refractivity (Wildman–Crippen MR) is 109 cm³/mol. The van der Waals surface area contributed by atoms with Crippen LogP contribution in [0.1, 0.15) is 30.9 Å². The molecule has 1 aromatic carbocycles. The van der Waals surface area contributed by atoms with Gasteiger partial charge >= 0.3 is 59.1 Å². The molecule has 2 unspecified atom stereocenters. The van der Waals surface area contributed by atoms with Crippen molar-refractivity contribution in [2.75, 3.05) is 20.8 Å². The maximum Gasteiger partial charge on any atom is 1.00 e. The van der Waals surface area contributed by atoms with Crippen LogP contribution < -0.4 is 74.1 Å². The molecule has 176 valence electrons. The molecule has 0 radical (unpaired) electrons. The number of aromatic nitrogens is 4. The molecular weight excluding hydrogens is 466 g/mol. The molecule has 3 rings (SSSR count). The van der Waals surface area contributed by atoms with Crippen molar-refractivity contribution in [2.45, 2.75) is 45.2 Å². The Hall–Kier alpha value is -1.02. The van der Waals surface area contributed by atoms with Crippen LogP contribution in [0.3, 0.4) is 0 Å². The topological polar surface area (TPSA) is 144 Å². The Morgan fingerprint density at radius 2 is 1.71 bits per heavy atom. The molecule has 0 fully saturated rings. The third-order valence-electron chi connectivity index (χ3n) is 4.91. The first-order valence-corrected chi connectivity index (χ1v) is 9.90. The maximum absolute atomic E-state index is 8.33. The molecular formula is C21H28N4Na2O7. The Labute approximate surface area is 243 Å². The Balaban J connectivity index is 0.00000168. The summed E-state index contributed by atoms with van der Waals surface area (Å²) in [6.07, 6.45) is 2.89. The number of benzene rings is 1. The molecule has 0 saturated carbocycles. The van der Waals surface area contributed by atoms with E-state index in [2.05, 4.69) is 15.4 Å². The summed E-state index contributed by atoms with van der Waals surface area (Å²) in [6.45, 7) is 6.45. The van der Waals surface area contributed by atoms with E-state index in [0.29, 0.717) is 18.9 Å². The molecule has 1 aliphatic heterocycles. The molecule has 0 aliphatic carbocycles. The Morgan fingerprint density at radius 3 is 2.15 bits per heavy atom. The normalized spacial score (nSPS) is 20.5. The first-order chi connectivity index (χ1) is 15.0. The van der Waals surface area contributed by atoms with Crippen LogP contribution in [-0.4, -0.2) is 58.8 Å². The second-order valence-corrected chi connectivity index (χ2v) is 7.42. The molecule has 34 heavy (non-hydrogen) atoms. The van der Waals surface area contributed by atoms with Crippen LogP contribution in [0.5, 0.6) is 5.75 Å². The van der Waals surface area contributed by atoms with Crippen molar-refractivity contribution in [3.05, 3.63) is 35.4 Å². The fourth-order valence-electron chi connectivity index (χ4n) is 3.34. The standard InChI is InChI=1S/C20H28N4O4.CH2O3.2Na/c1-14-12-16(18-21-23-24(4)22-18)13-15(2)17(14)27-11-7-8-20(26-6)10-9-19(3,25-5)28-20;2-1(3)4;;/h9-10,12-13H,7-8,11H2,1-6H3;(H2,2,3,4);;/q;;2*+1/p-2. The summed E-state index contributed by atoms with van der Waals surface area (Å²) in [7, 11) is 5.00. The van der Waals surface area contributed by atoms with Crippen LogP contribution >= 0.6 is 0 Å². The summed E-state index contributed by atoms with van der Waals surface area (Å²) in [4.78, 5) is 9.78. The van der Waals surface area contributed by atoms with Crippen molar-refractivity contribution in [1.82, 2.24) is 20.2 Å². The number of carboxylic acid groups (broad SMARTS) is 2. The second kappa shape index (κ2) is 14.5. The zero-order chi connectivity index (χ0) is 23.9. The average molecular weight is 494 g/mol. The van der Waals surface area contributed by atoms with Gasteiger partial charge < -0.3 is 34.0 Å². The summed E-state index contributed by atoms with van der Waals surface area (Å²) in [5, 5.41) is 28.9. The number of aryl methyl sites for hydroxylation is 3. The predicted octanol–water partition coefficient (Wildman–Crippen LogP) is -5.49. The van der Waals surface area contributed by atoms with Gasteiger partial charge in [0.1, 0.15) is 5.75 Å². The quantitative estimate of drug-likeness (QED) is 0.198. The molecule has 2 atom stereocenters. The monoisotopic (exact) mass is 494 g/mol. The van der Waals surface area contributed by atoms with Gasteiger partial charge in [-0.15, -0.1) is 10.2 Å². The number of hydrogen-bond acceptors (Lipinski definition) is 10. The first kappa shape index (κ1) is 33.0. The van der Waals surface area contributed by atoms with E-state index >= 15 is 0 Å². The van der Waals surface area contributed by atoms with Crippen LogP contribution in [0.2, 0.25) is 0 Å². The van der Waals surface area contributed by atoms with Gasteiger partial charge in [-0.2, -0.15) is 4.80 Å². The third-order valence-corrected chi connectivity index (χ3v) is 4.91. The second-order valence-electron chi connectivity index (χ2n) is 7.42. The number of rotatable bonds is 8. The first-order valence-electron chi connectivity index (χ1n) is 9.90. The minimum atomic E-state index is -2.33. The minimum absolute atomic E-state index is 0. The van der Waals surface area contributed by atoms with Gasteiger partial charge in [-0.1, -0.05) is 0 Å². The summed E-state index contributed by atoms with van der Waals surface area (Å²) in [6, 6.07) is 4.03. The van der Waals surface area contributed by atoms with Crippen molar-refractivity contribution in [3.63, 3.8) is 0 Å². The maximum atomic E-state index is 8.33. The van der Waals surface area contributed by atoms with Crippen molar-refractivity contribution >= 4 is 6.16 Å². The van der Waals surface area contributed by atoms with E-state index in [1.165, 1.54) is 4.80 Å². The van der Waals surface area contributed by atoms with Gasteiger partial charge in [-0.05, 0) is 74.0 Å².